The van der Waals surface area contributed by atoms with Gasteiger partial charge in [-0.05, 0) is 31.2 Å². The fourth-order valence-corrected chi connectivity index (χ4v) is 3.46. The van der Waals surface area contributed by atoms with Gasteiger partial charge in [-0.2, -0.15) is 17.6 Å². The number of benzene rings is 1. The van der Waals surface area contributed by atoms with Crippen molar-refractivity contribution in [3.8, 4) is 11.3 Å². The van der Waals surface area contributed by atoms with Gasteiger partial charge in [-0.1, -0.05) is 22.9 Å². The summed E-state index contributed by atoms with van der Waals surface area (Å²) in [5, 5.41) is 12.4. The van der Waals surface area contributed by atoms with Crippen LogP contribution in [0.4, 0.5) is 32.9 Å². The number of thiazole rings is 1. The van der Waals surface area contributed by atoms with E-state index in [1.54, 1.807) is 0 Å². The van der Waals surface area contributed by atoms with Gasteiger partial charge in [-0.25, -0.2) is 14.4 Å². The Bertz CT molecular complexity index is 1230. The number of anilines is 2. The standard InChI is InChI=1S/C19H12ClF5N4O3S/c1-7(17(31)32)27-15-11(20)5-9(6-26-15)16(30)29-18-28-13(14(22)33-18)8-2-3-12(21)10(4-8)19(23,24)25/h2-7H,1H3,(H,26,27)(H,31,32)(H,28,29,30). The molecule has 2 aromatic heterocycles. The molecule has 0 saturated heterocycles. The molecular formula is C19H12ClF5N4O3S. The number of rotatable bonds is 6. The number of aromatic nitrogens is 2. The van der Waals surface area contributed by atoms with E-state index in [4.69, 9.17) is 16.7 Å². The molecule has 33 heavy (non-hydrogen) atoms. The number of carbonyl (C=O) groups is 2. The van der Waals surface area contributed by atoms with E-state index >= 15 is 0 Å². The maximum Gasteiger partial charge on any atom is 0.419 e. The lowest BCUT2D eigenvalue weighted by molar-refractivity contribution is -0.140. The van der Waals surface area contributed by atoms with E-state index in [1.807, 2.05) is 0 Å². The molecule has 1 atom stereocenters. The van der Waals surface area contributed by atoms with Crippen LogP contribution in [0, 0.1) is 10.9 Å². The molecule has 0 radical (unpaired) electrons. The molecule has 1 unspecified atom stereocenters. The van der Waals surface area contributed by atoms with Crippen molar-refractivity contribution in [2.75, 3.05) is 10.6 Å². The lowest BCUT2D eigenvalue weighted by Crippen LogP contribution is -2.26. The van der Waals surface area contributed by atoms with Gasteiger partial charge >= 0.3 is 12.1 Å². The van der Waals surface area contributed by atoms with Crippen LogP contribution in [0.1, 0.15) is 22.8 Å². The van der Waals surface area contributed by atoms with E-state index in [0.29, 0.717) is 23.5 Å². The molecule has 0 aliphatic carbocycles. The summed E-state index contributed by atoms with van der Waals surface area (Å²) in [6.45, 7) is 1.36. The van der Waals surface area contributed by atoms with Crippen LogP contribution in [-0.4, -0.2) is 33.0 Å². The zero-order chi connectivity index (χ0) is 24.5. The summed E-state index contributed by atoms with van der Waals surface area (Å²) in [4.78, 5) is 31.0. The number of amides is 1. The maximum absolute atomic E-state index is 14.3. The van der Waals surface area contributed by atoms with Crippen molar-refractivity contribution >= 4 is 45.8 Å². The van der Waals surface area contributed by atoms with Gasteiger partial charge in [0.1, 0.15) is 23.4 Å². The lowest BCUT2D eigenvalue weighted by Gasteiger charge is -2.11. The molecule has 0 aliphatic heterocycles. The van der Waals surface area contributed by atoms with Crippen LogP contribution >= 0.6 is 22.9 Å². The Hall–Kier alpha value is -3.32. The second-order valence-electron chi connectivity index (χ2n) is 6.55. The molecule has 0 aliphatic rings. The summed E-state index contributed by atoms with van der Waals surface area (Å²) >= 11 is 6.36. The minimum Gasteiger partial charge on any atom is -0.480 e. The maximum atomic E-state index is 14.3. The number of aliphatic carboxylic acids is 1. The average Bonchev–Trinajstić information content (AvgIpc) is 3.08. The van der Waals surface area contributed by atoms with Crippen LogP contribution in [0.2, 0.25) is 5.02 Å². The zero-order valence-corrected chi connectivity index (χ0v) is 17.9. The molecule has 1 aromatic carbocycles. The molecule has 7 nitrogen and oxygen atoms in total. The summed E-state index contributed by atoms with van der Waals surface area (Å²) in [5.74, 6) is -3.46. The van der Waals surface area contributed by atoms with Crippen molar-refractivity contribution in [3.63, 3.8) is 0 Å². The van der Waals surface area contributed by atoms with Crippen LogP contribution in [0.3, 0.4) is 0 Å². The van der Waals surface area contributed by atoms with E-state index in [0.717, 1.165) is 12.3 Å². The van der Waals surface area contributed by atoms with E-state index < -0.39 is 46.3 Å². The fraction of sp³-hybridized carbons (Fsp3) is 0.158. The Morgan fingerprint density at radius 1 is 1.21 bits per heavy atom. The number of carboxylic acids is 1. The topological polar surface area (TPSA) is 104 Å². The van der Waals surface area contributed by atoms with Gasteiger partial charge in [0, 0.05) is 11.8 Å². The van der Waals surface area contributed by atoms with Gasteiger partial charge in [0.25, 0.3) is 5.91 Å². The van der Waals surface area contributed by atoms with Crippen molar-refractivity contribution in [1.82, 2.24) is 9.97 Å². The Balaban J connectivity index is 1.81. The molecule has 0 fully saturated rings. The number of hydrogen-bond donors (Lipinski definition) is 3. The Morgan fingerprint density at radius 2 is 1.91 bits per heavy atom. The van der Waals surface area contributed by atoms with E-state index in [9.17, 15) is 31.5 Å². The van der Waals surface area contributed by atoms with E-state index in [-0.39, 0.29) is 27.1 Å². The second kappa shape index (κ2) is 9.27. The molecule has 1 amide bonds. The van der Waals surface area contributed by atoms with Crippen LogP contribution in [0.15, 0.2) is 30.5 Å². The van der Waals surface area contributed by atoms with Gasteiger partial charge in [0.05, 0.1) is 16.1 Å². The number of nitrogens with zero attached hydrogens (tertiary/aromatic N) is 2. The summed E-state index contributed by atoms with van der Waals surface area (Å²) < 4.78 is 66.6. The van der Waals surface area contributed by atoms with Crippen molar-refractivity contribution in [1.29, 1.82) is 0 Å². The Kier molecular flexibility index (Phi) is 6.84. The molecule has 3 N–H and O–H groups in total. The summed E-state index contributed by atoms with van der Waals surface area (Å²) in [6, 6.07) is 2.08. The molecule has 174 valence electrons. The van der Waals surface area contributed by atoms with E-state index in [2.05, 4.69) is 20.6 Å². The largest absolute Gasteiger partial charge is 0.480 e. The minimum absolute atomic E-state index is 0.0162. The first kappa shape index (κ1) is 24.3. The normalized spacial score (nSPS) is 12.3. The van der Waals surface area contributed by atoms with Crippen molar-refractivity contribution in [3.05, 3.63) is 57.6 Å². The van der Waals surface area contributed by atoms with Gasteiger partial charge < -0.3 is 10.4 Å². The van der Waals surface area contributed by atoms with E-state index in [1.165, 1.54) is 13.0 Å². The third-order valence-electron chi connectivity index (χ3n) is 4.18. The first-order valence-corrected chi connectivity index (χ1v) is 10.1. The Labute approximate surface area is 191 Å². The molecule has 0 spiro atoms. The lowest BCUT2D eigenvalue weighted by atomic mass is 10.1. The summed E-state index contributed by atoms with van der Waals surface area (Å²) in [5.41, 5.74) is -2.48. The molecule has 14 heteroatoms. The first-order chi connectivity index (χ1) is 15.4. The van der Waals surface area contributed by atoms with Gasteiger partial charge in [0.15, 0.2) is 5.13 Å². The van der Waals surface area contributed by atoms with Gasteiger partial charge in [-0.15, -0.1) is 0 Å². The number of halogens is 6. The van der Waals surface area contributed by atoms with Crippen LogP contribution in [-0.2, 0) is 11.0 Å². The highest BCUT2D eigenvalue weighted by atomic mass is 35.5. The first-order valence-electron chi connectivity index (χ1n) is 8.86. The molecule has 3 aromatic rings. The predicted molar refractivity (Wildman–Crippen MR) is 110 cm³/mol. The van der Waals surface area contributed by atoms with Crippen LogP contribution in [0.5, 0.6) is 0 Å². The number of hydrogen-bond acceptors (Lipinski definition) is 6. The molecule has 0 bridgehead atoms. The zero-order valence-electron chi connectivity index (χ0n) is 16.3. The smallest absolute Gasteiger partial charge is 0.419 e. The molecule has 3 rings (SSSR count). The highest BCUT2D eigenvalue weighted by Gasteiger charge is 2.34. The number of nitrogens with one attached hydrogen (secondary N) is 2. The number of carboxylic acid groups (broad SMARTS) is 1. The third-order valence-corrected chi connectivity index (χ3v) is 5.23. The third kappa shape index (κ3) is 5.54. The van der Waals surface area contributed by atoms with Gasteiger partial charge in [-0.3, -0.25) is 14.9 Å². The summed E-state index contributed by atoms with van der Waals surface area (Å²) in [6.07, 6.45) is -3.91. The van der Waals surface area contributed by atoms with Crippen molar-refractivity contribution in [2.45, 2.75) is 19.1 Å². The molecule has 0 saturated carbocycles. The number of carbonyl (C=O) groups excluding carboxylic acids is 1. The monoisotopic (exact) mass is 506 g/mol. The summed E-state index contributed by atoms with van der Waals surface area (Å²) in [7, 11) is 0. The minimum atomic E-state index is -4.99. The highest BCUT2D eigenvalue weighted by molar-refractivity contribution is 7.14. The second-order valence-corrected chi connectivity index (χ2v) is 7.90. The number of pyridine rings is 1. The predicted octanol–water partition coefficient (Wildman–Crippen LogP) is 5.29. The average molecular weight is 507 g/mol. The van der Waals surface area contributed by atoms with Gasteiger partial charge in [0.2, 0.25) is 5.13 Å². The van der Waals surface area contributed by atoms with Crippen LogP contribution in [0.25, 0.3) is 11.3 Å². The molecular weight excluding hydrogens is 495 g/mol. The van der Waals surface area contributed by atoms with Crippen molar-refractivity contribution < 1.29 is 36.6 Å². The van der Waals surface area contributed by atoms with Crippen molar-refractivity contribution in [2.24, 2.45) is 0 Å². The fourth-order valence-electron chi connectivity index (χ4n) is 2.53. The highest BCUT2D eigenvalue weighted by Crippen LogP contribution is 2.36. The number of alkyl halides is 3. The Morgan fingerprint density at radius 3 is 2.52 bits per heavy atom. The quantitative estimate of drug-likeness (QED) is 0.392. The SMILES string of the molecule is CC(Nc1ncc(C(=O)Nc2nc(-c3ccc(F)c(C(F)(F)F)c3)c(F)s2)cc1Cl)C(=O)O. The molecule has 2 heterocycles. The van der Waals surface area contributed by atoms with Crippen LogP contribution < -0.4 is 10.6 Å².